The van der Waals surface area contributed by atoms with Crippen LogP contribution < -0.4 is 0 Å². The molecule has 1 N–H and O–H groups in total. The second-order valence-electron chi connectivity index (χ2n) is 5.61. The third kappa shape index (κ3) is 3.03. The maximum Gasteiger partial charge on any atom is 0.244 e. The van der Waals surface area contributed by atoms with E-state index in [1.165, 1.54) is 4.88 Å². The van der Waals surface area contributed by atoms with Crippen LogP contribution in [0, 0.1) is 0 Å². The van der Waals surface area contributed by atoms with E-state index < -0.39 is 0 Å². The van der Waals surface area contributed by atoms with Crippen LogP contribution >= 0.6 is 11.3 Å². The third-order valence-corrected chi connectivity index (χ3v) is 4.83. The highest BCUT2D eigenvalue weighted by Crippen LogP contribution is 2.33. The smallest absolute Gasteiger partial charge is 0.244 e. The van der Waals surface area contributed by atoms with E-state index in [2.05, 4.69) is 31.5 Å². The summed E-state index contributed by atoms with van der Waals surface area (Å²) in [6.45, 7) is 1.40. The third-order valence-electron chi connectivity index (χ3n) is 3.97. The van der Waals surface area contributed by atoms with E-state index in [1.54, 1.807) is 23.7 Å². The van der Waals surface area contributed by atoms with Crippen LogP contribution in [0.3, 0.4) is 0 Å². The fourth-order valence-electron chi connectivity index (χ4n) is 2.90. The topological polar surface area (TPSA) is 75.3 Å². The molecule has 1 aliphatic rings. The van der Waals surface area contributed by atoms with Gasteiger partial charge in [0.25, 0.3) is 0 Å². The number of aliphatic hydroxyl groups excluding tert-OH is 1. The SMILES string of the molecule is O[C@@H]1C[C@@H](c2nc(-c3cccnc3)no2)N(Cc2cccs2)C1. The van der Waals surface area contributed by atoms with Gasteiger partial charge in [0.05, 0.1) is 12.1 Å². The number of thiophene rings is 1. The first kappa shape index (κ1) is 14.5. The Balaban J connectivity index is 1.57. The van der Waals surface area contributed by atoms with Gasteiger partial charge in [-0.05, 0) is 30.0 Å². The lowest BCUT2D eigenvalue weighted by molar-refractivity contribution is 0.170. The van der Waals surface area contributed by atoms with Gasteiger partial charge in [-0.1, -0.05) is 11.2 Å². The lowest BCUT2D eigenvalue weighted by atomic mass is 10.2. The van der Waals surface area contributed by atoms with Crippen LogP contribution in [0.5, 0.6) is 0 Å². The first-order valence-corrected chi connectivity index (χ1v) is 8.36. The number of likely N-dealkylation sites (tertiary alicyclic amines) is 1. The number of aromatic nitrogens is 3. The molecular formula is C16H16N4O2S. The van der Waals surface area contributed by atoms with Gasteiger partial charge in [0, 0.05) is 35.9 Å². The maximum atomic E-state index is 10.0. The molecular weight excluding hydrogens is 312 g/mol. The summed E-state index contributed by atoms with van der Waals surface area (Å²) in [5.41, 5.74) is 0.825. The predicted octanol–water partition coefficient (Wildman–Crippen LogP) is 2.50. The monoisotopic (exact) mass is 328 g/mol. The standard InChI is InChI=1S/C16H16N4O2S/c21-12-7-14(20(9-12)10-13-4-2-6-23-13)16-18-15(19-22-16)11-3-1-5-17-8-11/h1-6,8,12,14,21H,7,9-10H2/t12-,14+/m1/s1. The van der Waals surface area contributed by atoms with Gasteiger partial charge in [0.2, 0.25) is 11.7 Å². The van der Waals surface area contributed by atoms with E-state index in [4.69, 9.17) is 4.52 Å². The molecule has 0 aromatic carbocycles. The highest BCUT2D eigenvalue weighted by Gasteiger charge is 2.36. The van der Waals surface area contributed by atoms with E-state index in [0.29, 0.717) is 24.7 Å². The van der Waals surface area contributed by atoms with E-state index in [1.807, 2.05) is 18.2 Å². The van der Waals surface area contributed by atoms with Crippen LogP contribution in [0.15, 0.2) is 46.6 Å². The minimum absolute atomic E-state index is 0.0509. The quantitative estimate of drug-likeness (QED) is 0.793. The van der Waals surface area contributed by atoms with Gasteiger partial charge in [-0.2, -0.15) is 4.98 Å². The number of aliphatic hydroxyl groups is 1. The largest absolute Gasteiger partial charge is 0.392 e. The zero-order valence-corrected chi connectivity index (χ0v) is 13.2. The fourth-order valence-corrected chi connectivity index (χ4v) is 3.63. The Morgan fingerprint density at radius 1 is 1.35 bits per heavy atom. The van der Waals surface area contributed by atoms with Crippen molar-refractivity contribution in [3.63, 3.8) is 0 Å². The van der Waals surface area contributed by atoms with Crippen LogP contribution in [0.25, 0.3) is 11.4 Å². The molecule has 2 atom stereocenters. The van der Waals surface area contributed by atoms with Gasteiger partial charge in [-0.3, -0.25) is 9.88 Å². The zero-order valence-electron chi connectivity index (χ0n) is 12.4. The number of pyridine rings is 1. The molecule has 23 heavy (non-hydrogen) atoms. The van der Waals surface area contributed by atoms with Crippen molar-refractivity contribution in [3.05, 3.63) is 52.8 Å². The molecule has 0 amide bonds. The molecule has 0 radical (unpaired) electrons. The van der Waals surface area contributed by atoms with Crippen molar-refractivity contribution in [3.8, 4) is 11.4 Å². The molecule has 0 bridgehead atoms. The number of hydrogen-bond donors (Lipinski definition) is 1. The molecule has 0 aliphatic carbocycles. The van der Waals surface area contributed by atoms with E-state index in [9.17, 15) is 5.11 Å². The maximum absolute atomic E-state index is 10.0. The van der Waals surface area contributed by atoms with E-state index >= 15 is 0 Å². The molecule has 1 fully saturated rings. The summed E-state index contributed by atoms with van der Waals surface area (Å²) in [7, 11) is 0. The van der Waals surface area contributed by atoms with Crippen LogP contribution in [0.2, 0.25) is 0 Å². The Kier molecular flexibility index (Phi) is 3.90. The minimum atomic E-state index is -0.367. The molecule has 0 saturated carbocycles. The van der Waals surface area contributed by atoms with Crippen molar-refractivity contribution in [1.82, 2.24) is 20.0 Å². The average molecular weight is 328 g/mol. The van der Waals surface area contributed by atoms with Crippen LogP contribution in [-0.4, -0.2) is 37.8 Å². The summed E-state index contributed by atoms with van der Waals surface area (Å²) in [4.78, 5) is 12.0. The Labute approximate surface area is 137 Å². The second kappa shape index (κ2) is 6.19. The molecule has 1 saturated heterocycles. The first-order valence-electron chi connectivity index (χ1n) is 7.48. The molecule has 7 heteroatoms. The molecule has 4 heterocycles. The fraction of sp³-hybridized carbons (Fsp3) is 0.312. The van der Waals surface area contributed by atoms with Crippen LogP contribution in [-0.2, 0) is 6.54 Å². The first-order chi connectivity index (χ1) is 11.3. The van der Waals surface area contributed by atoms with Crippen molar-refractivity contribution >= 4 is 11.3 Å². The molecule has 0 spiro atoms. The van der Waals surface area contributed by atoms with Crippen molar-refractivity contribution in [2.24, 2.45) is 0 Å². The molecule has 1 aliphatic heterocycles. The summed E-state index contributed by atoms with van der Waals surface area (Å²) in [6, 6.07) is 7.82. The van der Waals surface area contributed by atoms with Crippen molar-refractivity contribution in [1.29, 1.82) is 0 Å². The minimum Gasteiger partial charge on any atom is -0.392 e. The van der Waals surface area contributed by atoms with Gasteiger partial charge in [-0.15, -0.1) is 11.3 Å². The lowest BCUT2D eigenvalue weighted by Gasteiger charge is -2.20. The van der Waals surface area contributed by atoms with E-state index in [-0.39, 0.29) is 12.1 Å². The van der Waals surface area contributed by atoms with Gasteiger partial charge in [0.15, 0.2) is 0 Å². The van der Waals surface area contributed by atoms with Crippen LogP contribution in [0.4, 0.5) is 0 Å². The van der Waals surface area contributed by atoms with Crippen LogP contribution in [0.1, 0.15) is 23.2 Å². The zero-order chi connectivity index (χ0) is 15.6. The van der Waals surface area contributed by atoms with Gasteiger partial charge >= 0.3 is 0 Å². The highest BCUT2D eigenvalue weighted by atomic mass is 32.1. The summed E-state index contributed by atoms with van der Waals surface area (Å²) in [6.07, 6.45) is 3.66. The Hall–Kier alpha value is -2.09. The summed E-state index contributed by atoms with van der Waals surface area (Å²) >= 11 is 1.71. The summed E-state index contributed by atoms with van der Waals surface area (Å²) < 4.78 is 5.46. The molecule has 3 aromatic rings. The number of rotatable bonds is 4. The number of β-amino-alcohol motifs (C(OH)–C–C–N with tert-alkyl or cyclic N) is 1. The molecule has 3 aromatic heterocycles. The Morgan fingerprint density at radius 2 is 2.30 bits per heavy atom. The van der Waals surface area contributed by atoms with E-state index in [0.717, 1.165) is 12.1 Å². The predicted molar refractivity (Wildman–Crippen MR) is 85.6 cm³/mol. The Morgan fingerprint density at radius 3 is 3.09 bits per heavy atom. The normalized spacial score (nSPS) is 21.8. The van der Waals surface area contributed by atoms with Gasteiger partial charge < -0.3 is 9.63 Å². The lowest BCUT2D eigenvalue weighted by Crippen LogP contribution is -2.24. The van der Waals surface area contributed by atoms with Gasteiger partial charge in [0.1, 0.15) is 0 Å². The molecule has 0 unspecified atom stereocenters. The number of nitrogens with zero attached hydrogens (tertiary/aromatic N) is 4. The van der Waals surface area contributed by atoms with Gasteiger partial charge in [-0.25, -0.2) is 0 Å². The highest BCUT2D eigenvalue weighted by molar-refractivity contribution is 7.09. The average Bonchev–Trinajstić information content (AvgIpc) is 3.30. The second-order valence-corrected chi connectivity index (χ2v) is 6.64. The molecule has 6 nitrogen and oxygen atoms in total. The van der Waals surface area contributed by atoms with Crippen molar-refractivity contribution in [2.45, 2.75) is 25.1 Å². The van der Waals surface area contributed by atoms with Crippen molar-refractivity contribution in [2.75, 3.05) is 6.54 Å². The van der Waals surface area contributed by atoms with Crippen molar-refractivity contribution < 1.29 is 9.63 Å². The molecule has 4 rings (SSSR count). The summed E-state index contributed by atoms with van der Waals surface area (Å²) in [5.74, 6) is 1.09. The molecule has 118 valence electrons. The number of hydrogen-bond acceptors (Lipinski definition) is 7. The Bertz CT molecular complexity index is 760. The summed E-state index contributed by atoms with van der Waals surface area (Å²) in [5, 5.41) is 16.2.